The van der Waals surface area contributed by atoms with Gasteiger partial charge in [-0.2, -0.15) is 0 Å². The molecule has 272 valence electrons. The fourth-order valence-corrected chi connectivity index (χ4v) is 13.5. The van der Waals surface area contributed by atoms with Gasteiger partial charge in [0.15, 0.2) is 0 Å². The third-order valence-corrected chi connectivity index (χ3v) is 16.0. The molecule has 0 bridgehead atoms. The molecule has 1 fully saturated rings. The van der Waals surface area contributed by atoms with Crippen molar-refractivity contribution in [1.82, 2.24) is 0 Å². The van der Waals surface area contributed by atoms with Crippen LogP contribution in [0.4, 0.5) is 0 Å². The summed E-state index contributed by atoms with van der Waals surface area (Å²) in [5.74, 6) is 4.57. The van der Waals surface area contributed by atoms with E-state index in [1.54, 1.807) is 39.0 Å². The predicted molar refractivity (Wildman–Crippen MR) is 215 cm³/mol. The summed E-state index contributed by atoms with van der Waals surface area (Å²) in [7, 11) is 0. The molecular weight excluding hydrogens is 645 g/mol. The molecule has 11 rings (SSSR count). The summed E-state index contributed by atoms with van der Waals surface area (Å²) in [6, 6.07) is 0. The lowest BCUT2D eigenvalue weighted by Crippen LogP contribution is -2.59. The second-order valence-corrected chi connectivity index (χ2v) is 18.7. The first-order valence-corrected chi connectivity index (χ1v) is 21.3. The van der Waals surface area contributed by atoms with E-state index < -0.39 is 0 Å². The van der Waals surface area contributed by atoms with Crippen molar-refractivity contribution in [2.75, 3.05) is 0 Å². The number of ether oxygens (including phenoxy) is 2. The van der Waals surface area contributed by atoms with Crippen molar-refractivity contribution in [3.05, 3.63) is 153 Å². The Morgan fingerprint density at radius 2 is 1.57 bits per heavy atom. The molecule has 9 aliphatic carbocycles. The first kappa shape index (κ1) is 32.6. The smallest absolute Gasteiger partial charge is 0.123 e. The van der Waals surface area contributed by atoms with Crippen LogP contribution in [0, 0.1) is 40.4 Å². The van der Waals surface area contributed by atoms with Crippen molar-refractivity contribution in [3.63, 3.8) is 0 Å². The molecule has 9 atom stereocenters. The van der Waals surface area contributed by atoms with Crippen molar-refractivity contribution >= 4 is 0 Å². The summed E-state index contributed by atoms with van der Waals surface area (Å²) >= 11 is 0. The molecule has 2 heteroatoms. The second kappa shape index (κ2) is 11.9. The van der Waals surface area contributed by atoms with Gasteiger partial charge in [0.05, 0.1) is 5.92 Å². The Morgan fingerprint density at radius 1 is 0.755 bits per heavy atom. The van der Waals surface area contributed by atoms with Gasteiger partial charge in [0.1, 0.15) is 23.2 Å². The Morgan fingerprint density at radius 3 is 2.51 bits per heavy atom. The molecule has 11 aliphatic rings. The van der Waals surface area contributed by atoms with Crippen molar-refractivity contribution in [1.29, 1.82) is 0 Å². The van der Waals surface area contributed by atoms with Crippen LogP contribution in [0.1, 0.15) is 104 Å². The number of hydrogen-bond acceptors (Lipinski definition) is 2. The first-order chi connectivity index (χ1) is 25.9. The van der Waals surface area contributed by atoms with Crippen molar-refractivity contribution in [2.45, 2.75) is 116 Å². The Labute approximate surface area is 317 Å². The van der Waals surface area contributed by atoms with Crippen molar-refractivity contribution in [2.24, 2.45) is 40.4 Å². The number of rotatable bonds is 3. The minimum Gasteiger partial charge on any atom is -0.490 e. The van der Waals surface area contributed by atoms with Crippen LogP contribution < -0.4 is 0 Å². The summed E-state index contributed by atoms with van der Waals surface area (Å²) in [5, 5.41) is 0. The van der Waals surface area contributed by atoms with E-state index in [2.05, 4.69) is 112 Å². The minimum atomic E-state index is -0.268. The van der Waals surface area contributed by atoms with E-state index in [1.165, 1.54) is 36.2 Å². The summed E-state index contributed by atoms with van der Waals surface area (Å²) in [4.78, 5) is 0. The lowest BCUT2D eigenvalue weighted by Gasteiger charge is -2.57. The van der Waals surface area contributed by atoms with Crippen LogP contribution >= 0.6 is 0 Å². The van der Waals surface area contributed by atoms with Gasteiger partial charge in [-0.25, -0.2) is 0 Å². The van der Waals surface area contributed by atoms with E-state index >= 15 is 0 Å². The highest BCUT2D eigenvalue weighted by Crippen LogP contribution is 2.69. The van der Waals surface area contributed by atoms with E-state index in [0.29, 0.717) is 23.7 Å². The van der Waals surface area contributed by atoms with Crippen LogP contribution in [0.3, 0.4) is 0 Å². The van der Waals surface area contributed by atoms with Gasteiger partial charge in [-0.3, -0.25) is 0 Å². The highest BCUT2D eigenvalue weighted by molar-refractivity contribution is 5.63. The Hall–Kier alpha value is -3.78. The average Bonchev–Trinajstić information content (AvgIpc) is 3.75. The van der Waals surface area contributed by atoms with E-state index in [4.69, 9.17) is 9.47 Å². The first-order valence-electron chi connectivity index (χ1n) is 21.3. The van der Waals surface area contributed by atoms with Crippen LogP contribution in [0.25, 0.3) is 0 Å². The maximum absolute atomic E-state index is 7.35. The molecule has 0 saturated heterocycles. The molecule has 2 nitrogen and oxygen atoms in total. The van der Waals surface area contributed by atoms with Gasteiger partial charge >= 0.3 is 0 Å². The van der Waals surface area contributed by atoms with E-state index in [-0.39, 0.29) is 28.5 Å². The summed E-state index contributed by atoms with van der Waals surface area (Å²) in [6.45, 7) is 7.71. The zero-order valence-corrected chi connectivity index (χ0v) is 32.1. The third-order valence-electron chi connectivity index (χ3n) is 16.0. The molecule has 1 saturated carbocycles. The fraction of sp³-hybridized carbons (Fsp3) is 0.490. The highest BCUT2D eigenvalue weighted by Gasteiger charge is 2.68. The standard InChI is InChI=1S/C51H56O2/c1-49(31-43-37-19-8-13-26-45(37)53-51(43,3)47-40-22-9-12-25-44(40)52-48(47)49)46-38-20-6-10-23-41(38)50(2,42-24-11-7-21-39(42)46)36-18-14-17-34(30-36)35-28-27-32-15-4-5-16-33(32)29-35/h4,6,8,11-12,14-15,18-20,24-25,27-28,30,33-34,42-43,47-48H,5,7,9-10,13,16-17,21-23,26,29,31H2,1-3H3. The zero-order valence-electron chi connectivity index (χ0n) is 32.1. The van der Waals surface area contributed by atoms with Crippen molar-refractivity contribution < 1.29 is 9.47 Å². The zero-order chi connectivity index (χ0) is 35.5. The van der Waals surface area contributed by atoms with Crippen LogP contribution in [0.2, 0.25) is 0 Å². The molecular formula is C51H56O2. The molecule has 0 radical (unpaired) electrons. The molecule has 9 unspecified atom stereocenters. The molecule has 0 aromatic carbocycles. The Kier molecular flexibility index (Phi) is 7.30. The third kappa shape index (κ3) is 4.56. The Bertz CT molecular complexity index is 2090. The summed E-state index contributed by atoms with van der Waals surface area (Å²) < 4.78 is 14.6. The molecule has 0 spiro atoms. The molecule has 0 N–H and O–H groups in total. The van der Waals surface area contributed by atoms with Gasteiger partial charge in [0.25, 0.3) is 0 Å². The SMILES string of the molecule is CC1(C2=C3CCC=CC3C(C)(C3=CC(C4=CC=C5C=CCCC5C4)CC=C3)C3=C2C=CCC3)CC2C3=C(CCC=C3)OC2(C)C2C3=C(C=CCC3)OC21. The monoisotopic (exact) mass is 700 g/mol. The summed E-state index contributed by atoms with van der Waals surface area (Å²) in [6.07, 6.45) is 51.9. The van der Waals surface area contributed by atoms with E-state index in [9.17, 15) is 0 Å². The quantitative estimate of drug-likeness (QED) is 0.273. The van der Waals surface area contributed by atoms with Crippen LogP contribution in [-0.4, -0.2) is 11.7 Å². The molecule has 53 heavy (non-hydrogen) atoms. The molecule has 0 aromatic heterocycles. The average molecular weight is 701 g/mol. The van der Waals surface area contributed by atoms with Crippen LogP contribution in [0.5, 0.6) is 0 Å². The Balaban J connectivity index is 1.06. The number of hydrogen-bond donors (Lipinski definition) is 0. The maximum atomic E-state index is 7.35. The lowest BCUT2D eigenvalue weighted by atomic mass is 9.47. The summed E-state index contributed by atoms with van der Waals surface area (Å²) in [5.41, 5.74) is 13.8. The van der Waals surface area contributed by atoms with Gasteiger partial charge in [0.2, 0.25) is 0 Å². The normalized spacial score (nSPS) is 41.8. The molecule has 2 heterocycles. The van der Waals surface area contributed by atoms with Gasteiger partial charge in [0, 0.05) is 35.0 Å². The van der Waals surface area contributed by atoms with Gasteiger partial charge in [-0.1, -0.05) is 116 Å². The van der Waals surface area contributed by atoms with Gasteiger partial charge in [-0.15, -0.1) is 0 Å². The van der Waals surface area contributed by atoms with E-state index in [0.717, 1.165) is 70.0 Å². The topological polar surface area (TPSA) is 18.5 Å². The second-order valence-electron chi connectivity index (χ2n) is 18.7. The number of allylic oxidation sites excluding steroid dienone is 22. The van der Waals surface area contributed by atoms with E-state index in [1.807, 2.05) is 0 Å². The predicted octanol–water partition coefficient (Wildman–Crippen LogP) is 12.7. The highest BCUT2D eigenvalue weighted by atomic mass is 16.5. The lowest BCUT2D eigenvalue weighted by molar-refractivity contribution is -0.134. The minimum absolute atomic E-state index is 0.0633. The van der Waals surface area contributed by atoms with Gasteiger partial charge < -0.3 is 9.47 Å². The molecule has 0 amide bonds. The van der Waals surface area contributed by atoms with Crippen molar-refractivity contribution in [3.8, 4) is 0 Å². The fourth-order valence-electron chi connectivity index (χ4n) is 13.5. The largest absolute Gasteiger partial charge is 0.490 e. The molecule has 2 aliphatic heterocycles. The van der Waals surface area contributed by atoms with Crippen LogP contribution in [-0.2, 0) is 9.47 Å². The van der Waals surface area contributed by atoms with Crippen LogP contribution in [0.15, 0.2) is 153 Å². The number of fused-ring (bicyclic) bond motifs is 7. The maximum Gasteiger partial charge on any atom is 0.123 e. The van der Waals surface area contributed by atoms with Gasteiger partial charge in [-0.05, 0) is 129 Å². The molecule has 0 aromatic rings.